The molecule has 0 saturated heterocycles. The monoisotopic (exact) mass is 1100 g/mol. The molecule has 0 nitrogen and oxygen atoms in total. The van der Waals surface area contributed by atoms with Gasteiger partial charge in [-0.2, -0.15) is 0 Å². The van der Waals surface area contributed by atoms with Gasteiger partial charge in [-0.1, -0.05) is 12.1 Å². The molecule has 0 N–H and O–H groups in total. The molecule has 0 radical (unpaired) electrons. The van der Waals surface area contributed by atoms with Crippen molar-refractivity contribution < 1.29 is 11.2 Å². The molecule has 62 heavy (non-hydrogen) atoms. The van der Waals surface area contributed by atoms with Crippen molar-refractivity contribution in [3.63, 3.8) is 0 Å². The Hall–Kier alpha value is -1.61. The van der Waals surface area contributed by atoms with Gasteiger partial charge in [0.15, 0.2) is 0 Å². The summed E-state index contributed by atoms with van der Waals surface area (Å²) in [5.74, 6) is 0. The van der Waals surface area contributed by atoms with Crippen molar-refractivity contribution >= 4 is 144 Å². The van der Waals surface area contributed by atoms with E-state index in [4.69, 9.17) is 30.3 Å². The minimum absolute atomic E-state index is 1.33. The van der Waals surface area contributed by atoms with E-state index in [9.17, 15) is 0 Å². The van der Waals surface area contributed by atoms with Crippen LogP contribution in [0.5, 0.6) is 0 Å². The SMILES string of the molecule is Cc1ccc(-c2cc(C)c(C)s2)s1.Cc1ccc(-c2ccc(-c3cc(C)c(C)s3)s2)s1.Cc1csc(-c2ccc(-c3cccs3)s2)c1.Cc1csc(-c2cccs2)c1.[Cl][Fe]([Cl])[Cl]. The summed E-state index contributed by atoms with van der Waals surface area (Å²) in [6, 6.07) is 35.4. The van der Waals surface area contributed by atoms with Crippen LogP contribution in [0.4, 0.5) is 0 Å². The number of thiophene rings is 10. The third-order valence-corrected chi connectivity index (χ3v) is 20.5. The molecule has 325 valence electrons. The quantitative estimate of drug-likeness (QED) is 0.146. The van der Waals surface area contributed by atoms with Gasteiger partial charge in [0.1, 0.15) is 0 Å². The second-order valence-corrected chi connectivity index (χ2v) is 30.4. The van der Waals surface area contributed by atoms with Crippen LogP contribution in [0.15, 0.2) is 119 Å². The Bertz CT molecular complexity index is 2810. The Morgan fingerprint density at radius 1 is 0.339 bits per heavy atom. The van der Waals surface area contributed by atoms with Crippen LogP contribution in [0.1, 0.15) is 41.8 Å². The first-order chi connectivity index (χ1) is 29.7. The summed E-state index contributed by atoms with van der Waals surface area (Å²) in [6.07, 6.45) is 0. The van der Waals surface area contributed by atoms with E-state index < -0.39 is 11.2 Å². The average Bonchev–Trinajstić information content (AvgIpc) is 4.07. The Labute approximate surface area is 424 Å². The van der Waals surface area contributed by atoms with E-state index in [1.807, 2.05) is 90.7 Å². The van der Waals surface area contributed by atoms with E-state index in [0.717, 1.165) is 0 Å². The van der Waals surface area contributed by atoms with Gasteiger partial charge in [-0.25, -0.2) is 0 Å². The third kappa shape index (κ3) is 14.7. The molecule has 0 bridgehead atoms. The normalized spacial score (nSPS) is 10.8. The molecule has 0 amide bonds. The third-order valence-electron chi connectivity index (χ3n) is 8.99. The minimum atomic E-state index is -1.33. The first-order valence-corrected chi connectivity index (χ1v) is 32.0. The van der Waals surface area contributed by atoms with Crippen LogP contribution in [0.3, 0.4) is 0 Å². The average molecular weight is 1100 g/mol. The van der Waals surface area contributed by atoms with Gasteiger partial charge in [0.05, 0.1) is 0 Å². The van der Waals surface area contributed by atoms with E-state index in [0.29, 0.717) is 0 Å². The van der Waals surface area contributed by atoms with E-state index in [1.54, 1.807) is 22.7 Å². The standard InChI is InChI=1S/C15H14S3.C13H10S3.C11H12S2.C9H8S2.3ClH.Fe/c1-9-8-15(17-11(9)3)14-7-6-13(18-14)12-5-4-10(2)16-12;1-9-7-13(15-8-9)12-5-4-11(16-12)10-3-2-6-14-10;1-7-6-11(13-9(7)3)10-5-4-8(2)12-10;1-7-5-9(11-6-7)8-3-2-4-10-8;;;;/h4-8H,1-3H3;2-8H,1H3;4-6H,1-3H3;2-6H,1H3;3*1H;/q;;;;;;;+3/p-3. The maximum absolute atomic E-state index is 4.89. The molecule has 10 heterocycles. The molecular formula is C48H44Cl3FeS10. The number of halogens is 3. The first-order valence-electron chi connectivity index (χ1n) is 19.0. The van der Waals surface area contributed by atoms with Gasteiger partial charge in [-0.15, -0.1) is 113 Å². The van der Waals surface area contributed by atoms with Gasteiger partial charge in [0, 0.05) is 78.0 Å². The summed E-state index contributed by atoms with van der Waals surface area (Å²) in [4.78, 5) is 22.2. The zero-order chi connectivity index (χ0) is 44.3. The molecule has 10 rings (SSSR count). The van der Waals surface area contributed by atoms with Crippen LogP contribution in [0.2, 0.25) is 0 Å². The molecule has 14 heteroatoms. The van der Waals surface area contributed by atoms with Crippen molar-refractivity contribution in [3.05, 3.63) is 160 Å². The number of hydrogen-bond acceptors (Lipinski definition) is 10. The molecule has 0 spiro atoms. The van der Waals surface area contributed by atoms with Crippen LogP contribution in [0.25, 0.3) is 58.5 Å². The first kappa shape index (κ1) is 49.8. The fourth-order valence-corrected chi connectivity index (χ4v) is 15.3. The van der Waals surface area contributed by atoms with Crippen LogP contribution < -0.4 is 0 Å². The van der Waals surface area contributed by atoms with Crippen molar-refractivity contribution in [3.8, 4) is 58.5 Å². The Morgan fingerprint density at radius 3 is 1.02 bits per heavy atom. The van der Waals surface area contributed by atoms with E-state index in [1.165, 1.54) is 100 Å². The van der Waals surface area contributed by atoms with Crippen LogP contribution in [-0.4, -0.2) is 0 Å². The summed E-state index contributed by atoms with van der Waals surface area (Å²) < 4.78 is 0. The zero-order valence-corrected chi connectivity index (χ0v) is 46.7. The molecule has 0 aliphatic rings. The van der Waals surface area contributed by atoms with Gasteiger partial charge < -0.3 is 0 Å². The topological polar surface area (TPSA) is 0 Å². The van der Waals surface area contributed by atoms with Gasteiger partial charge in [0.25, 0.3) is 0 Å². The molecule has 10 aromatic heterocycles. The number of rotatable bonds is 6. The molecule has 0 saturated carbocycles. The molecular weight excluding hydrogens is 1060 g/mol. The van der Waals surface area contributed by atoms with Crippen molar-refractivity contribution in [2.24, 2.45) is 0 Å². The summed E-state index contributed by atoms with van der Waals surface area (Å²) in [5.41, 5.74) is 5.52. The van der Waals surface area contributed by atoms with Crippen LogP contribution in [-0.2, 0) is 11.2 Å². The van der Waals surface area contributed by atoms with Crippen molar-refractivity contribution in [1.29, 1.82) is 0 Å². The van der Waals surface area contributed by atoms with Crippen molar-refractivity contribution in [2.75, 3.05) is 0 Å². The number of aryl methyl sites for hydroxylation is 8. The van der Waals surface area contributed by atoms with Crippen molar-refractivity contribution in [1.82, 2.24) is 0 Å². The molecule has 10 aromatic rings. The Kier molecular flexibility index (Phi) is 19.5. The van der Waals surface area contributed by atoms with Gasteiger partial charge in [-0.3, -0.25) is 0 Å². The van der Waals surface area contributed by atoms with Gasteiger partial charge in [0.2, 0.25) is 0 Å². The fourth-order valence-electron chi connectivity index (χ4n) is 5.69. The second-order valence-electron chi connectivity index (χ2n) is 13.9. The van der Waals surface area contributed by atoms with Gasteiger partial charge in [-0.05, 0) is 184 Å². The summed E-state index contributed by atoms with van der Waals surface area (Å²) in [6.45, 7) is 17.3. The zero-order valence-electron chi connectivity index (χ0n) is 35.1. The maximum atomic E-state index is 4.89. The van der Waals surface area contributed by atoms with E-state index in [2.05, 4.69) is 174 Å². The predicted octanol–water partition coefficient (Wildman–Crippen LogP) is 21.9. The van der Waals surface area contributed by atoms with E-state index in [-0.39, 0.29) is 0 Å². The molecule has 0 aliphatic heterocycles. The molecule has 0 fully saturated rings. The number of hydrogen-bond donors (Lipinski definition) is 0. The summed E-state index contributed by atoms with van der Waals surface area (Å²) in [5, 5.41) is 8.64. The summed E-state index contributed by atoms with van der Waals surface area (Å²) >= 11 is 17.2. The fraction of sp³-hybridized carbons (Fsp3) is 0.167. The second kappa shape index (κ2) is 24.2. The molecule has 0 unspecified atom stereocenters. The van der Waals surface area contributed by atoms with Crippen molar-refractivity contribution in [2.45, 2.75) is 55.4 Å². The summed E-state index contributed by atoms with van der Waals surface area (Å²) in [7, 11) is 14.7. The van der Waals surface area contributed by atoms with Crippen LogP contribution >= 0.6 is 144 Å². The Morgan fingerprint density at radius 2 is 0.677 bits per heavy atom. The van der Waals surface area contributed by atoms with Crippen LogP contribution in [0, 0.1) is 55.4 Å². The molecule has 0 atom stereocenters. The Balaban J connectivity index is 0.000000136. The van der Waals surface area contributed by atoms with Gasteiger partial charge >= 0.3 is 41.5 Å². The molecule has 0 aromatic carbocycles. The van der Waals surface area contributed by atoms with E-state index >= 15 is 0 Å². The molecule has 0 aliphatic carbocycles. The predicted molar refractivity (Wildman–Crippen MR) is 293 cm³/mol.